The van der Waals surface area contributed by atoms with Crippen molar-refractivity contribution in [2.24, 2.45) is 5.73 Å². The molecular formula is C10H15N3O2. The van der Waals surface area contributed by atoms with Crippen LogP contribution in [-0.2, 0) is 9.53 Å². The Balaban J connectivity index is 2.83. The molecule has 1 aromatic rings. The van der Waals surface area contributed by atoms with Gasteiger partial charge in [-0.1, -0.05) is 0 Å². The Morgan fingerprint density at radius 3 is 2.73 bits per heavy atom. The number of carbonyl (C=O) groups is 1. The number of hydrogen-bond acceptors (Lipinski definition) is 5. The van der Waals surface area contributed by atoms with Crippen LogP contribution in [0.1, 0.15) is 23.7 Å². The van der Waals surface area contributed by atoms with Crippen molar-refractivity contribution in [3.8, 4) is 0 Å². The molecule has 0 bridgehead atoms. The average molecular weight is 209 g/mol. The largest absolute Gasteiger partial charge is 0.469 e. The van der Waals surface area contributed by atoms with Gasteiger partial charge in [-0.2, -0.15) is 0 Å². The predicted octanol–water partition coefficient (Wildman–Crippen LogP) is 0.390. The molecule has 0 radical (unpaired) electrons. The van der Waals surface area contributed by atoms with E-state index >= 15 is 0 Å². The van der Waals surface area contributed by atoms with Gasteiger partial charge in [0.1, 0.15) is 0 Å². The zero-order valence-electron chi connectivity index (χ0n) is 8.93. The molecule has 1 aromatic heterocycles. The molecule has 0 aromatic carbocycles. The van der Waals surface area contributed by atoms with E-state index in [1.165, 1.54) is 7.11 Å². The first kappa shape index (κ1) is 11.6. The maximum absolute atomic E-state index is 11.1. The molecular weight excluding hydrogens is 194 g/mol. The first-order chi connectivity index (χ1) is 7.19. The van der Waals surface area contributed by atoms with Crippen LogP contribution >= 0.6 is 0 Å². The standard InChI is InChI=1S/C10H15N3O2/c1-7-10(13-4-3-12-7)8(6-11)5-9(14)15-2/h3-4,8H,5-6,11H2,1-2H3. The molecule has 0 aliphatic rings. The van der Waals surface area contributed by atoms with Crippen LogP contribution in [0, 0.1) is 6.92 Å². The van der Waals surface area contributed by atoms with Crippen molar-refractivity contribution in [1.82, 2.24) is 9.97 Å². The molecule has 0 aliphatic carbocycles. The van der Waals surface area contributed by atoms with Crippen LogP contribution in [0.2, 0.25) is 0 Å². The van der Waals surface area contributed by atoms with Crippen molar-refractivity contribution in [3.05, 3.63) is 23.8 Å². The number of hydrogen-bond donors (Lipinski definition) is 1. The van der Waals surface area contributed by atoms with Gasteiger partial charge in [0.05, 0.1) is 24.9 Å². The number of aromatic nitrogens is 2. The summed E-state index contributed by atoms with van der Waals surface area (Å²) in [6, 6.07) is 0. The summed E-state index contributed by atoms with van der Waals surface area (Å²) in [5.74, 6) is -0.401. The van der Waals surface area contributed by atoms with Crippen molar-refractivity contribution >= 4 is 5.97 Å². The molecule has 1 heterocycles. The molecule has 0 fully saturated rings. The summed E-state index contributed by atoms with van der Waals surface area (Å²) in [4.78, 5) is 19.4. The second-order valence-corrected chi connectivity index (χ2v) is 3.24. The minimum absolute atomic E-state index is 0.119. The summed E-state index contributed by atoms with van der Waals surface area (Å²) in [6.07, 6.45) is 3.46. The first-order valence-corrected chi connectivity index (χ1v) is 4.73. The van der Waals surface area contributed by atoms with Gasteiger partial charge >= 0.3 is 5.97 Å². The number of carbonyl (C=O) groups excluding carboxylic acids is 1. The highest BCUT2D eigenvalue weighted by Crippen LogP contribution is 2.18. The third kappa shape index (κ3) is 2.99. The monoisotopic (exact) mass is 209 g/mol. The van der Waals surface area contributed by atoms with Crippen LogP contribution < -0.4 is 5.73 Å². The molecule has 1 unspecified atom stereocenters. The Kier molecular flexibility index (Phi) is 4.17. The number of nitrogens with two attached hydrogens (primary N) is 1. The van der Waals surface area contributed by atoms with Gasteiger partial charge in [-0.3, -0.25) is 14.8 Å². The zero-order valence-corrected chi connectivity index (χ0v) is 8.93. The molecule has 2 N–H and O–H groups in total. The second kappa shape index (κ2) is 5.41. The molecule has 82 valence electrons. The van der Waals surface area contributed by atoms with Gasteiger partial charge < -0.3 is 10.5 Å². The summed E-state index contributed by atoms with van der Waals surface area (Å²) in [5, 5.41) is 0. The lowest BCUT2D eigenvalue weighted by Crippen LogP contribution is -2.19. The fraction of sp³-hybridized carbons (Fsp3) is 0.500. The Morgan fingerprint density at radius 2 is 2.20 bits per heavy atom. The number of nitrogens with zero attached hydrogens (tertiary/aromatic N) is 2. The Morgan fingerprint density at radius 1 is 1.53 bits per heavy atom. The number of ether oxygens (including phenoxy) is 1. The quantitative estimate of drug-likeness (QED) is 0.726. The highest BCUT2D eigenvalue weighted by atomic mass is 16.5. The minimum atomic E-state index is -0.282. The Labute approximate surface area is 88.7 Å². The molecule has 0 saturated carbocycles. The molecule has 0 spiro atoms. The Bertz CT molecular complexity index is 341. The van der Waals surface area contributed by atoms with E-state index in [2.05, 4.69) is 14.7 Å². The first-order valence-electron chi connectivity index (χ1n) is 4.73. The van der Waals surface area contributed by atoms with E-state index < -0.39 is 0 Å². The van der Waals surface area contributed by atoms with Crippen molar-refractivity contribution in [2.45, 2.75) is 19.3 Å². The van der Waals surface area contributed by atoms with E-state index in [1.54, 1.807) is 12.4 Å². The summed E-state index contributed by atoms with van der Waals surface area (Å²) >= 11 is 0. The highest BCUT2D eigenvalue weighted by Gasteiger charge is 2.18. The van der Waals surface area contributed by atoms with E-state index in [-0.39, 0.29) is 18.3 Å². The molecule has 0 amide bonds. The molecule has 5 heteroatoms. The fourth-order valence-corrected chi connectivity index (χ4v) is 1.40. The van der Waals surface area contributed by atoms with Gasteiger partial charge in [0.25, 0.3) is 0 Å². The predicted molar refractivity (Wildman–Crippen MR) is 55.2 cm³/mol. The second-order valence-electron chi connectivity index (χ2n) is 3.24. The van der Waals surface area contributed by atoms with E-state index in [1.807, 2.05) is 6.92 Å². The maximum Gasteiger partial charge on any atom is 0.306 e. The fourth-order valence-electron chi connectivity index (χ4n) is 1.40. The summed E-state index contributed by atoms with van der Waals surface area (Å²) < 4.78 is 4.60. The van der Waals surface area contributed by atoms with Gasteiger partial charge in [0.15, 0.2) is 0 Å². The maximum atomic E-state index is 11.1. The van der Waals surface area contributed by atoms with Crippen molar-refractivity contribution in [3.63, 3.8) is 0 Å². The molecule has 0 saturated heterocycles. The van der Waals surface area contributed by atoms with Crippen LogP contribution in [0.3, 0.4) is 0 Å². The van der Waals surface area contributed by atoms with Crippen molar-refractivity contribution in [1.29, 1.82) is 0 Å². The van der Waals surface area contributed by atoms with Crippen LogP contribution in [-0.4, -0.2) is 29.6 Å². The third-order valence-corrected chi connectivity index (χ3v) is 2.23. The smallest absolute Gasteiger partial charge is 0.306 e. The lowest BCUT2D eigenvalue weighted by molar-refractivity contribution is -0.141. The van der Waals surface area contributed by atoms with E-state index in [0.717, 1.165) is 11.4 Å². The SMILES string of the molecule is COC(=O)CC(CN)c1nccnc1C. The summed E-state index contributed by atoms with van der Waals surface area (Å²) in [5.41, 5.74) is 7.17. The Hall–Kier alpha value is -1.49. The van der Waals surface area contributed by atoms with Gasteiger partial charge in [-0.25, -0.2) is 0 Å². The number of methoxy groups -OCH3 is 1. The van der Waals surface area contributed by atoms with Crippen LogP contribution in [0.5, 0.6) is 0 Å². The van der Waals surface area contributed by atoms with Gasteiger partial charge in [0.2, 0.25) is 0 Å². The average Bonchev–Trinajstić information content (AvgIpc) is 2.26. The van der Waals surface area contributed by atoms with Crippen LogP contribution in [0.15, 0.2) is 12.4 Å². The topological polar surface area (TPSA) is 78.1 Å². The molecule has 1 rings (SSSR count). The third-order valence-electron chi connectivity index (χ3n) is 2.23. The number of rotatable bonds is 4. The lowest BCUT2D eigenvalue weighted by atomic mass is 10.00. The van der Waals surface area contributed by atoms with E-state index in [0.29, 0.717) is 6.54 Å². The molecule has 0 aliphatic heterocycles. The van der Waals surface area contributed by atoms with Crippen LogP contribution in [0.4, 0.5) is 0 Å². The zero-order chi connectivity index (χ0) is 11.3. The minimum Gasteiger partial charge on any atom is -0.469 e. The highest BCUT2D eigenvalue weighted by molar-refractivity contribution is 5.70. The summed E-state index contributed by atoms with van der Waals surface area (Å²) in [7, 11) is 1.36. The van der Waals surface area contributed by atoms with E-state index in [4.69, 9.17) is 5.73 Å². The molecule has 1 atom stereocenters. The molecule has 5 nitrogen and oxygen atoms in total. The normalized spacial score (nSPS) is 12.2. The number of aryl methyl sites for hydroxylation is 1. The van der Waals surface area contributed by atoms with Gasteiger partial charge in [-0.15, -0.1) is 0 Å². The lowest BCUT2D eigenvalue weighted by Gasteiger charge is -2.13. The van der Waals surface area contributed by atoms with Crippen molar-refractivity contribution in [2.75, 3.05) is 13.7 Å². The van der Waals surface area contributed by atoms with Crippen LogP contribution in [0.25, 0.3) is 0 Å². The van der Waals surface area contributed by atoms with Gasteiger partial charge in [-0.05, 0) is 6.92 Å². The number of esters is 1. The molecule has 15 heavy (non-hydrogen) atoms. The van der Waals surface area contributed by atoms with Gasteiger partial charge in [0, 0.05) is 24.9 Å². The van der Waals surface area contributed by atoms with E-state index in [9.17, 15) is 4.79 Å². The van der Waals surface area contributed by atoms with Crippen molar-refractivity contribution < 1.29 is 9.53 Å². The summed E-state index contributed by atoms with van der Waals surface area (Å²) in [6.45, 7) is 2.21.